The van der Waals surface area contributed by atoms with Crippen molar-refractivity contribution in [1.82, 2.24) is 0 Å². The van der Waals surface area contributed by atoms with Crippen LogP contribution in [0.5, 0.6) is 0 Å². The van der Waals surface area contributed by atoms with E-state index in [0.717, 1.165) is 6.42 Å². The van der Waals surface area contributed by atoms with E-state index in [1.165, 1.54) is 19.3 Å². The molecule has 0 amide bonds. The van der Waals surface area contributed by atoms with Gasteiger partial charge in [0.2, 0.25) is 0 Å². The summed E-state index contributed by atoms with van der Waals surface area (Å²) in [5, 5.41) is 0. The lowest BCUT2D eigenvalue weighted by Gasteiger charge is -2.30. The highest BCUT2D eigenvalue weighted by Crippen LogP contribution is 2.29. The van der Waals surface area contributed by atoms with Crippen LogP contribution in [0.25, 0.3) is 0 Å². The second-order valence-corrected chi connectivity index (χ2v) is 5.14. The van der Waals surface area contributed by atoms with Gasteiger partial charge in [-0.05, 0) is 37.6 Å². The van der Waals surface area contributed by atoms with Crippen LogP contribution in [-0.2, 0) is 9.47 Å². The highest BCUT2D eigenvalue weighted by Gasteiger charge is 2.27. The quantitative estimate of drug-likeness (QED) is 0.697. The van der Waals surface area contributed by atoms with Gasteiger partial charge >= 0.3 is 6.18 Å². The summed E-state index contributed by atoms with van der Waals surface area (Å²) in [5.41, 5.74) is 5.72. The first-order valence-corrected chi connectivity index (χ1v) is 6.95. The number of alkyl halides is 3. The minimum absolute atomic E-state index is 0.0878. The summed E-state index contributed by atoms with van der Waals surface area (Å²) in [6.45, 7) is 0.727. The van der Waals surface area contributed by atoms with Crippen LogP contribution in [0.15, 0.2) is 0 Å². The molecule has 0 bridgehead atoms. The minimum atomic E-state index is -4.24. The minimum Gasteiger partial charge on any atom is -0.381 e. The number of hydrogen-bond acceptors (Lipinski definition) is 3. The Kier molecular flexibility index (Phi) is 7.71. The molecule has 1 fully saturated rings. The molecule has 1 aliphatic rings. The molecule has 0 heterocycles. The molecule has 6 heteroatoms. The Hall–Kier alpha value is -0.330. The van der Waals surface area contributed by atoms with Crippen molar-refractivity contribution >= 4 is 0 Å². The van der Waals surface area contributed by atoms with Crippen LogP contribution in [0.3, 0.4) is 0 Å². The Morgan fingerprint density at radius 2 is 1.63 bits per heavy atom. The van der Waals surface area contributed by atoms with Crippen molar-refractivity contribution in [3.63, 3.8) is 0 Å². The molecule has 1 aliphatic carbocycles. The maximum atomic E-state index is 11.8. The first-order valence-electron chi connectivity index (χ1n) is 6.95. The smallest absolute Gasteiger partial charge is 0.381 e. The van der Waals surface area contributed by atoms with Crippen molar-refractivity contribution < 1.29 is 22.6 Å². The van der Waals surface area contributed by atoms with Gasteiger partial charge in [0.15, 0.2) is 0 Å². The van der Waals surface area contributed by atoms with E-state index in [4.69, 9.17) is 10.5 Å². The van der Waals surface area contributed by atoms with E-state index in [1.54, 1.807) is 0 Å². The molecule has 0 aromatic rings. The van der Waals surface area contributed by atoms with Crippen LogP contribution in [0.1, 0.15) is 32.1 Å². The van der Waals surface area contributed by atoms with Crippen LogP contribution in [0, 0.1) is 11.8 Å². The molecule has 3 nitrogen and oxygen atoms in total. The third-order valence-electron chi connectivity index (χ3n) is 3.54. The molecule has 1 saturated carbocycles. The van der Waals surface area contributed by atoms with Crippen LogP contribution >= 0.6 is 0 Å². The van der Waals surface area contributed by atoms with Crippen LogP contribution in [0.2, 0.25) is 0 Å². The molecular formula is C13H24F3NO2. The van der Waals surface area contributed by atoms with E-state index in [1.807, 2.05) is 0 Å². The molecule has 0 saturated heterocycles. The molecule has 2 unspecified atom stereocenters. The van der Waals surface area contributed by atoms with Crippen molar-refractivity contribution in [2.24, 2.45) is 17.6 Å². The highest BCUT2D eigenvalue weighted by atomic mass is 19.4. The lowest BCUT2D eigenvalue weighted by molar-refractivity contribution is -0.174. The first-order chi connectivity index (χ1) is 9.03. The van der Waals surface area contributed by atoms with E-state index >= 15 is 0 Å². The van der Waals surface area contributed by atoms with Gasteiger partial charge in [0.25, 0.3) is 0 Å². The largest absolute Gasteiger partial charge is 0.411 e. The maximum absolute atomic E-state index is 11.8. The van der Waals surface area contributed by atoms with Crippen molar-refractivity contribution in [2.75, 3.05) is 33.0 Å². The number of ether oxygens (including phenoxy) is 2. The lowest BCUT2D eigenvalue weighted by atomic mass is 9.80. The standard InChI is InChI=1S/C13H24F3NO2/c14-13(15,16)10-19-7-3-6-18-9-12-5-2-1-4-11(12)8-17/h11-12H,1-10,17H2. The summed E-state index contributed by atoms with van der Waals surface area (Å²) >= 11 is 0. The summed E-state index contributed by atoms with van der Waals surface area (Å²) < 4.78 is 45.4. The Morgan fingerprint density at radius 3 is 2.26 bits per heavy atom. The molecule has 0 aromatic heterocycles. The third kappa shape index (κ3) is 7.74. The normalized spacial score (nSPS) is 24.6. The van der Waals surface area contributed by atoms with Crippen LogP contribution in [0.4, 0.5) is 13.2 Å². The van der Waals surface area contributed by atoms with E-state index in [9.17, 15) is 13.2 Å². The van der Waals surface area contributed by atoms with Crippen LogP contribution < -0.4 is 5.73 Å². The number of nitrogens with two attached hydrogens (primary N) is 1. The van der Waals surface area contributed by atoms with Crippen molar-refractivity contribution in [3.05, 3.63) is 0 Å². The fraction of sp³-hybridized carbons (Fsp3) is 1.00. The maximum Gasteiger partial charge on any atom is 0.411 e. The van der Waals surface area contributed by atoms with Gasteiger partial charge in [0, 0.05) is 19.8 Å². The third-order valence-corrected chi connectivity index (χ3v) is 3.54. The molecule has 0 aliphatic heterocycles. The highest BCUT2D eigenvalue weighted by molar-refractivity contribution is 4.75. The number of halogens is 3. The fourth-order valence-corrected chi connectivity index (χ4v) is 2.50. The van der Waals surface area contributed by atoms with Gasteiger partial charge < -0.3 is 15.2 Å². The molecule has 2 N–H and O–H groups in total. The van der Waals surface area contributed by atoms with Crippen molar-refractivity contribution in [3.8, 4) is 0 Å². The summed E-state index contributed by atoms with van der Waals surface area (Å²) in [4.78, 5) is 0. The van der Waals surface area contributed by atoms with E-state index in [-0.39, 0.29) is 6.61 Å². The predicted molar refractivity (Wildman–Crippen MR) is 66.8 cm³/mol. The molecule has 2 atom stereocenters. The van der Waals surface area contributed by atoms with Gasteiger partial charge in [-0.15, -0.1) is 0 Å². The van der Waals surface area contributed by atoms with Gasteiger partial charge in [-0.1, -0.05) is 12.8 Å². The second-order valence-electron chi connectivity index (χ2n) is 5.14. The second kappa shape index (κ2) is 8.76. The van der Waals surface area contributed by atoms with E-state index in [2.05, 4.69) is 4.74 Å². The molecule has 0 radical (unpaired) electrons. The van der Waals surface area contributed by atoms with E-state index in [0.29, 0.717) is 38.0 Å². The Labute approximate surface area is 112 Å². The summed E-state index contributed by atoms with van der Waals surface area (Å²) in [6, 6.07) is 0. The predicted octanol–water partition coefficient (Wildman–Crippen LogP) is 2.74. The average Bonchev–Trinajstić information content (AvgIpc) is 2.37. The molecule has 1 rings (SSSR count). The van der Waals surface area contributed by atoms with Gasteiger partial charge in [-0.2, -0.15) is 13.2 Å². The molecule has 19 heavy (non-hydrogen) atoms. The van der Waals surface area contributed by atoms with Crippen molar-refractivity contribution in [1.29, 1.82) is 0 Å². The monoisotopic (exact) mass is 283 g/mol. The zero-order valence-corrected chi connectivity index (χ0v) is 11.3. The molecule has 0 aromatic carbocycles. The summed E-state index contributed by atoms with van der Waals surface area (Å²) in [6.07, 6.45) is 1.03. The van der Waals surface area contributed by atoms with Gasteiger partial charge in [0.05, 0.1) is 0 Å². The fourth-order valence-electron chi connectivity index (χ4n) is 2.50. The molecule has 114 valence electrons. The van der Waals surface area contributed by atoms with Crippen LogP contribution in [-0.4, -0.2) is 39.1 Å². The zero-order valence-electron chi connectivity index (χ0n) is 11.3. The zero-order chi connectivity index (χ0) is 14.1. The first kappa shape index (κ1) is 16.7. The van der Waals surface area contributed by atoms with Gasteiger partial charge in [-0.25, -0.2) is 0 Å². The average molecular weight is 283 g/mol. The Morgan fingerprint density at radius 1 is 1.00 bits per heavy atom. The number of rotatable bonds is 8. The Bertz CT molecular complexity index is 236. The van der Waals surface area contributed by atoms with Crippen molar-refractivity contribution in [2.45, 2.75) is 38.3 Å². The molecular weight excluding hydrogens is 259 g/mol. The summed E-state index contributed by atoms with van der Waals surface area (Å²) in [5.74, 6) is 1.05. The number of hydrogen-bond donors (Lipinski definition) is 1. The van der Waals surface area contributed by atoms with E-state index < -0.39 is 12.8 Å². The topological polar surface area (TPSA) is 44.5 Å². The van der Waals surface area contributed by atoms with Gasteiger partial charge in [0.1, 0.15) is 6.61 Å². The summed E-state index contributed by atoms with van der Waals surface area (Å²) in [7, 11) is 0. The Balaban J connectivity index is 1.98. The van der Waals surface area contributed by atoms with Gasteiger partial charge in [-0.3, -0.25) is 0 Å². The SMILES string of the molecule is NCC1CCCCC1COCCCOCC(F)(F)F. The molecule has 0 spiro atoms. The lowest BCUT2D eigenvalue weighted by Crippen LogP contribution is -2.30.